The molecule has 0 aliphatic carbocycles. The Bertz CT molecular complexity index is 593. The van der Waals surface area contributed by atoms with Crippen LogP contribution in [0.5, 0.6) is 5.75 Å². The number of hydrogen-bond acceptors (Lipinski definition) is 7. The number of carbonyl (C=O) groups is 1. The van der Waals surface area contributed by atoms with Crippen LogP contribution in [-0.2, 0) is 4.79 Å². The number of hydrogen-bond donors (Lipinski definition) is 1. The van der Waals surface area contributed by atoms with Gasteiger partial charge in [-0.25, -0.2) is 0 Å². The number of benzene rings is 1. The van der Waals surface area contributed by atoms with Crippen molar-refractivity contribution in [3.63, 3.8) is 0 Å². The summed E-state index contributed by atoms with van der Waals surface area (Å²) >= 11 is 3.21. The van der Waals surface area contributed by atoms with Gasteiger partial charge >= 0.3 is 0 Å². The number of rotatable bonds is 3. The van der Waals surface area contributed by atoms with E-state index in [0.717, 1.165) is 16.4 Å². The summed E-state index contributed by atoms with van der Waals surface area (Å²) in [6.45, 7) is 0. The third-order valence-corrected chi connectivity index (χ3v) is 6.33. The van der Waals surface area contributed by atoms with Gasteiger partial charge < -0.3 is 15.0 Å². The lowest BCUT2D eigenvalue weighted by Gasteiger charge is -2.27. The molecule has 2 heterocycles. The van der Waals surface area contributed by atoms with Crippen LogP contribution in [0.4, 0.5) is 0 Å². The minimum Gasteiger partial charge on any atom is -0.548 e. The molecule has 1 aromatic carbocycles. The van der Waals surface area contributed by atoms with E-state index >= 15 is 0 Å². The van der Waals surface area contributed by atoms with Gasteiger partial charge in [-0.2, -0.15) is 0 Å². The molecule has 2 aliphatic heterocycles. The van der Waals surface area contributed by atoms with Crippen molar-refractivity contribution in [2.45, 2.75) is 17.5 Å². The molecule has 112 valence electrons. The number of aliphatic imine (C=N–C) groups is 1. The van der Waals surface area contributed by atoms with Crippen molar-refractivity contribution in [2.75, 3.05) is 18.6 Å². The third kappa shape index (κ3) is 2.77. The van der Waals surface area contributed by atoms with E-state index in [9.17, 15) is 15.0 Å². The van der Waals surface area contributed by atoms with Gasteiger partial charge in [0.05, 0.1) is 23.4 Å². The molecule has 0 aromatic heterocycles. The van der Waals surface area contributed by atoms with Crippen LogP contribution in [0.3, 0.4) is 0 Å². The zero-order valence-corrected chi connectivity index (χ0v) is 13.1. The summed E-state index contributed by atoms with van der Waals surface area (Å²) in [5, 5.41) is 21.8. The van der Waals surface area contributed by atoms with E-state index in [2.05, 4.69) is 4.99 Å². The van der Waals surface area contributed by atoms with Crippen molar-refractivity contribution in [3.05, 3.63) is 29.8 Å². The molecule has 0 radical (unpaired) electrons. The highest BCUT2D eigenvalue weighted by atomic mass is 32.2. The highest BCUT2D eigenvalue weighted by molar-refractivity contribution is 8.14. The average Bonchev–Trinajstić information content (AvgIpc) is 3.05. The lowest BCUT2D eigenvalue weighted by Crippen LogP contribution is -2.48. The summed E-state index contributed by atoms with van der Waals surface area (Å²) in [6, 6.07) is 6.63. The summed E-state index contributed by atoms with van der Waals surface area (Å²) in [5.74, 6) is 0.532. The van der Waals surface area contributed by atoms with Gasteiger partial charge in [0.1, 0.15) is 10.8 Å². The van der Waals surface area contributed by atoms with Crippen LogP contribution in [0.25, 0.3) is 0 Å². The molecule has 0 amide bonds. The predicted molar refractivity (Wildman–Crippen MR) is 83.7 cm³/mol. The second-order valence-corrected chi connectivity index (χ2v) is 7.21. The van der Waals surface area contributed by atoms with Crippen LogP contribution in [0.15, 0.2) is 29.3 Å². The molecule has 3 rings (SSSR count). The van der Waals surface area contributed by atoms with Crippen molar-refractivity contribution < 1.29 is 15.0 Å². The van der Waals surface area contributed by atoms with Crippen molar-refractivity contribution >= 4 is 34.5 Å². The molecule has 0 unspecified atom stereocenters. The Morgan fingerprint density at radius 3 is 2.86 bits per heavy atom. The average molecular weight is 323 g/mol. The van der Waals surface area contributed by atoms with Gasteiger partial charge in [0, 0.05) is 17.1 Å². The van der Waals surface area contributed by atoms with Crippen LogP contribution < -0.4 is 5.11 Å². The van der Waals surface area contributed by atoms with Gasteiger partial charge in [0.2, 0.25) is 0 Å². The molecule has 1 saturated heterocycles. The maximum absolute atomic E-state index is 11.1. The number of aliphatic carboxylic acids is 1. The van der Waals surface area contributed by atoms with Crippen LogP contribution >= 0.6 is 23.5 Å². The van der Waals surface area contributed by atoms with Crippen LogP contribution in [0.2, 0.25) is 0 Å². The van der Waals surface area contributed by atoms with E-state index in [-0.39, 0.29) is 17.2 Å². The normalized spacial score (nSPS) is 29.6. The lowest BCUT2D eigenvalue weighted by molar-refractivity contribution is -0.310. The van der Waals surface area contributed by atoms with E-state index < -0.39 is 12.0 Å². The van der Waals surface area contributed by atoms with Gasteiger partial charge in [-0.05, 0) is 19.2 Å². The Kier molecular flexibility index (Phi) is 4.14. The summed E-state index contributed by atoms with van der Waals surface area (Å²) < 4.78 is 0. The molecule has 1 N–H and O–H groups in total. The minimum absolute atomic E-state index is 0.0314. The molecule has 0 bridgehead atoms. The SMILES string of the molecule is CN1[C@@H](C(=O)[O-])CS[C@H]1[C@@H]1CSC(c2ccccc2O)=N1. The van der Waals surface area contributed by atoms with Gasteiger partial charge in [-0.15, -0.1) is 23.5 Å². The van der Waals surface area contributed by atoms with Gasteiger partial charge in [-0.3, -0.25) is 9.89 Å². The Labute approximate surface area is 131 Å². The molecule has 1 fully saturated rings. The zero-order valence-electron chi connectivity index (χ0n) is 11.4. The zero-order chi connectivity index (χ0) is 15.0. The quantitative estimate of drug-likeness (QED) is 0.866. The standard InChI is InChI=1S/C14H16N2O3S2/c1-16-10(14(18)19)7-21-13(16)9-6-20-12(15-9)8-4-2-3-5-11(8)17/h2-5,9-10,13,17H,6-7H2,1H3,(H,18,19)/p-1/t9-,10+,13-/m0/s1. The first-order valence-corrected chi connectivity index (χ1v) is 8.64. The highest BCUT2D eigenvalue weighted by Crippen LogP contribution is 2.37. The fourth-order valence-electron chi connectivity index (χ4n) is 2.56. The number of nitrogens with zero attached hydrogens (tertiary/aromatic N) is 2. The van der Waals surface area contributed by atoms with Crippen molar-refractivity contribution in [2.24, 2.45) is 4.99 Å². The van der Waals surface area contributed by atoms with Crippen molar-refractivity contribution in [1.29, 1.82) is 0 Å². The minimum atomic E-state index is -1.02. The highest BCUT2D eigenvalue weighted by Gasteiger charge is 2.39. The molecule has 7 heteroatoms. The molecular formula is C14H15N2O3S2-. The van der Waals surface area contributed by atoms with Crippen molar-refractivity contribution in [1.82, 2.24) is 4.90 Å². The largest absolute Gasteiger partial charge is 0.548 e. The topological polar surface area (TPSA) is 76.0 Å². The number of thioether (sulfide) groups is 2. The number of likely N-dealkylation sites (N-methyl/N-ethyl adjacent to an activating group) is 1. The molecular weight excluding hydrogens is 308 g/mol. The maximum Gasteiger partial charge on any atom is 0.125 e. The Hall–Kier alpha value is -1.18. The van der Waals surface area contributed by atoms with Crippen LogP contribution in [-0.4, -0.2) is 57.0 Å². The van der Waals surface area contributed by atoms with E-state index in [1.54, 1.807) is 35.7 Å². The number of phenolic OH excluding ortho intramolecular Hbond substituents is 1. The lowest BCUT2D eigenvalue weighted by atomic mass is 10.2. The van der Waals surface area contributed by atoms with Gasteiger partial charge in [0.25, 0.3) is 0 Å². The number of phenols is 1. The Morgan fingerprint density at radius 2 is 2.19 bits per heavy atom. The first kappa shape index (κ1) is 14.7. The summed E-state index contributed by atoms with van der Waals surface area (Å²) in [5.41, 5.74) is 0.743. The van der Waals surface area contributed by atoms with E-state index in [1.165, 1.54) is 0 Å². The Balaban J connectivity index is 1.78. The van der Waals surface area contributed by atoms with Crippen LogP contribution in [0.1, 0.15) is 5.56 Å². The first-order chi connectivity index (χ1) is 10.1. The number of aromatic hydroxyl groups is 1. The molecule has 0 saturated carbocycles. The molecule has 2 aliphatic rings. The smallest absolute Gasteiger partial charge is 0.125 e. The second-order valence-electron chi connectivity index (χ2n) is 5.05. The number of carboxylic acids is 1. The molecule has 21 heavy (non-hydrogen) atoms. The van der Waals surface area contributed by atoms with Crippen LogP contribution in [0, 0.1) is 0 Å². The molecule has 0 spiro atoms. The van der Waals surface area contributed by atoms with E-state index in [0.29, 0.717) is 5.75 Å². The number of para-hydroxylation sites is 1. The summed E-state index contributed by atoms with van der Waals surface area (Å²) in [4.78, 5) is 17.6. The molecule has 5 nitrogen and oxygen atoms in total. The number of carbonyl (C=O) groups excluding carboxylic acids is 1. The summed E-state index contributed by atoms with van der Waals surface area (Å²) in [6.07, 6.45) is 0. The number of carboxylic acid groups (broad SMARTS) is 1. The predicted octanol–water partition coefficient (Wildman–Crippen LogP) is 0.377. The van der Waals surface area contributed by atoms with E-state index in [1.807, 2.05) is 24.1 Å². The third-order valence-electron chi connectivity index (χ3n) is 3.73. The summed E-state index contributed by atoms with van der Waals surface area (Å²) in [7, 11) is 1.81. The fraction of sp³-hybridized carbons (Fsp3) is 0.429. The molecule has 1 aromatic rings. The Morgan fingerprint density at radius 1 is 1.43 bits per heavy atom. The van der Waals surface area contributed by atoms with Gasteiger partial charge in [-0.1, -0.05) is 12.1 Å². The maximum atomic E-state index is 11.1. The van der Waals surface area contributed by atoms with E-state index in [4.69, 9.17) is 0 Å². The molecule has 3 atom stereocenters. The monoisotopic (exact) mass is 323 g/mol. The van der Waals surface area contributed by atoms with Gasteiger partial charge in [0.15, 0.2) is 0 Å². The fourth-order valence-corrected chi connectivity index (χ4v) is 5.31. The van der Waals surface area contributed by atoms with Crippen molar-refractivity contribution in [3.8, 4) is 5.75 Å². The second kappa shape index (κ2) is 5.90. The first-order valence-electron chi connectivity index (χ1n) is 6.61.